The molecule has 0 saturated carbocycles. The molecule has 3 aliphatic heterocycles. The number of nitrogens with zero attached hydrogens (tertiary/aromatic N) is 2. The molecule has 2 fully saturated rings. The highest BCUT2D eigenvalue weighted by Crippen LogP contribution is 2.28. The number of benzene rings is 2. The molecule has 2 atom stereocenters. The van der Waals surface area contributed by atoms with E-state index in [0.717, 1.165) is 23.6 Å². The van der Waals surface area contributed by atoms with Gasteiger partial charge >= 0.3 is 6.03 Å². The van der Waals surface area contributed by atoms with Crippen molar-refractivity contribution in [3.05, 3.63) is 64.7 Å². The minimum absolute atomic E-state index is 0.0587. The van der Waals surface area contributed by atoms with Crippen molar-refractivity contribution in [1.29, 1.82) is 0 Å². The number of anilines is 1. The number of piperidine rings is 1. The number of fused-ring (bicyclic) bond motifs is 1. The summed E-state index contributed by atoms with van der Waals surface area (Å²) in [6.07, 6.45) is 0.153. The molecule has 6 amide bonds. The monoisotopic (exact) mass is 519 g/mol. The van der Waals surface area contributed by atoms with E-state index in [0.29, 0.717) is 24.5 Å². The quantitative estimate of drug-likeness (QED) is 0.495. The molecule has 0 aliphatic carbocycles. The maximum atomic E-state index is 13.0. The predicted octanol–water partition coefficient (Wildman–Crippen LogP) is 1.80. The summed E-state index contributed by atoms with van der Waals surface area (Å²) in [6.45, 7) is 5.40. The molecule has 0 radical (unpaired) electrons. The van der Waals surface area contributed by atoms with Crippen LogP contribution in [0.2, 0.25) is 0 Å². The normalized spacial score (nSPS) is 20.7. The Kier molecular flexibility index (Phi) is 7.21. The average Bonchev–Trinajstić information content (AvgIpc) is 3.17. The van der Waals surface area contributed by atoms with Crippen LogP contribution in [0.25, 0.3) is 0 Å². The molecule has 2 saturated heterocycles. The van der Waals surface area contributed by atoms with E-state index in [1.807, 2.05) is 24.3 Å². The van der Waals surface area contributed by atoms with Gasteiger partial charge in [0.15, 0.2) is 0 Å². The van der Waals surface area contributed by atoms with Gasteiger partial charge in [-0.15, -0.1) is 0 Å². The molecule has 3 heterocycles. The number of ether oxygens (including phenoxy) is 1. The van der Waals surface area contributed by atoms with E-state index in [1.165, 1.54) is 6.07 Å². The van der Waals surface area contributed by atoms with E-state index in [2.05, 4.69) is 27.8 Å². The van der Waals surface area contributed by atoms with Gasteiger partial charge in [-0.2, -0.15) is 0 Å². The van der Waals surface area contributed by atoms with Gasteiger partial charge in [-0.25, -0.2) is 4.79 Å². The van der Waals surface area contributed by atoms with Crippen molar-refractivity contribution in [2.24, 2.45) is 0 Å². The zero-order valence-electron chi connectivity index (χ0n) is 21.0. The number of hydrogen-bond acceptors (Lipinski definition) is 7. The first kappa shape index (κ1) is 25.6. The maximum absolute atomic E-state index is 13.0. The van der Waals surface area contributed by atoms with Crippen molar-refractivity contribution in [3.63, 3.8) is 0 Å². The smallest absolute Gasteiger partial charge is 0.319 e. The fraction of sp³-hybridized carbons (Fsp3) is 0.370. The van der Waals surface area contributed by atoms with Crippen molar-refractivity contribution >= 4 is 35.3 Å². The third kappa shape index (κ3) is 5.15. The van der Waals surface area contributed by atoms with E-state index in [9.17, 15) is 24.0 Å². The van der Waals surface area contributed by atoms with Crippen LogP contribution < -0.4 is 16.0 Å². The Morgan fingerprint density at radius 2 is 1.82 bits per heavy atom. The van der Waals surface area contributed by atoms with Crippen LogP contribution >= 0.6 is 0 Å². The fourth-order valence-corrected chi connectivity index (χ4v) is 5.04. The van der Waals surface area contributed by atoms with Crippen LogP contribution in [0.4, 0.5) is 10.5 Å². The highest BCUT2D eigenvalue weighted by molar-refractivity contribution is 6.23. The summed E-state index contributed by atoms with van der Waals surface area (Å²) < 4.78 is 5.43. The first-order valence-electron chi connectivity index (χ1n) is 12.6. The average molecular weight is 520 g/mol. The minimum Gasteiger partial charge on any atom is -0.379 e. The van der Waals surface area contributed by atoms with Crippen LogP contribution in [0.1, 0.15) is 57.7 Å². The van der Waals surface area contributed by atoms with Gasteiger partial charge in [0.2, 0.25) is 11.8 Å². The molecule has 3 aliphatic rings. The lowest BCUT2D eigenvalue weighted by atomic mass is 10.0. The summed E-state index contributed by atoms with van der Waals surface area (Å²) in [6, 6.07) is 11.2. The van der Waals surface area contributed by atoms with Gasteiger partial charge in [-0.05, 0) is 48.7 Å². The summed E-state index contributed by atoms with van der Waals surface area (Å²) in [5, 5.41) is 7.80. The first-order chi connectivity index (χ1) is 18.3. The number of carbonyl (C=O) groups excluding carboxylic acids is 5. The number of carbonyl (C=O) groups is 5. The van der Waals surface area contributed by atoms with Gasteiger partial charge in [-0.1, -0.05) is 18.2 Å². The van der Waals surface area contributed by atoms with Gasteiger partial charge in [-0.3, -0.25) is 34.3 Å². The molecule has 11 nitrogen and oxygen atoms in total. The molecule has 0 spiro atoms. The summed E-state index contributed by atoms with van der Waals surface area (Å²) in [4.78, 5) is 65.4. The Balaban J connectivity index is 1.20. The van der Waals surface area contributed by atoms with Gasteiger partial charge < -0.3 is 15.4 Å². The molecule has 38 heavy (non-hydrogen) atoms. The Labute approximate surface area is 219 Å². The summed E-state index contributed by atoms with van der Waals surface area (Å²) >= 11 is 0. The van der Waals surface area contributed by atoms with E-state index in [4.69, 9.17) is 4.74 Å². The van der Waals surface area contributed by atoms with Crippen LogP contribution in [-0.2, 0) is 20.9 Å². The minimum atomic E-state index is -1.02. The third-order valence-electron chi connectivity index (χ3n) is 7.18. The number of urea groups is 1. The summed E-state index contributed by atoms with van der Waals surface area (Å²) in [5.41, 5.74) is 2.74. The lowest BCUT2D eigenvalue weighted by Crippen LogP contribution is -2.54. The Morgan fingerprint density at radius 1 is 1.05 bits per heavy atom. The Bertz CT molecular complexity index is 1300. The van der Waals surface area contributed by atoms with E-state index in [-0.39, 0.29) is 36.6 Å². The van der Waals surface area contributed by atoms with E-state index in [1.54, 1.807) is 12.1 Å². The van der Waals surface area contributed by atoms with E-state index >= 15 is 0 Å². The van der Waals surface area contributed by atoms with Crippen LogP contribution in [0.5, 0.6) is 0 Å². The number of morpholine rings is 1. The second-order valence-corrected chi connectivity index (χ2v) is 9.58. The van der Waals surface area contributed by atoms with Crippen molar-refractivity contribution in [2.75, 3.05) is 31.6 Å². The molecule has 2 unspecified atom stereocenters. The second-order valence-electron chi connectivity index (χ2n) is 9.58. The number of nitrogens with one attached hydrogen (secondary N) is 3. The number of amides is 6. The molecular formula is C27H29N5O6. The van der Waals surface area contributed by atoms with Gasteiger partial charge in [0.25, 0.3) is 11.8 Å². The SMILES string of the molecule is CC(c1cccc(NC(=O)NCc2ccc3c(c2)C(=O)N(C2CCC(=O)NC2=O)C3=O)c1)N1CCOCC1. The standard InChI is InChI=1S/C27H29N5O6/c1-16(31-9-11-38-12-10-31)18-3-2-4-19(14-18)29-27(37)28-15-17-5-6-20-21(13-17)26(36)32(25(20)35)22-7-8-23(33)30-24(22)34/h2-6,13-14,16,22H,7-12,15H2,1H3,(H2,28,29,37)(H,30,33,34). The number of rotatable bonds is 6. The molecule has 3 N–H and O–H groups in total. The highest BCUT2D eigenvalue weighted by Gasteiger charge is 2.44. The molecule has 5 rings (SSSR count). The van der Waals surface area contributed by atoms with Crippen LogP contribution in [-0.4, -0.2) is 71.8 Å². The van der Waals surface area contributed by atoms with Gasteiger partial charge in [0, 0.05) is 37.8 Å². The molecule has 11 heteroatoms. The van der Waals surface area contributed by atoms with E-state index < -0.39 is 35.7 Å². The third-order valence-corrected chi connectivity index (χ3v) is 7.18. The van der Waals surface area contributed by atoms with Crippen molar-refractivity contribution < 1.29 is 28.7 Å². The van der Waals surface area contributed by atoms with Crippen LogP contribution in [0.3, 0.4) is 0 Å². The number of imide groups is 2. The fourth-order valence-electron chi connectivity index (χ4n) is 5.04. The highest BCUT2D eigenvalue weighted by atomic mass is 16.5. The molecule has 2 aromatic rings. The zero-order chi connectivity index (χ0) is 26.8. The summed E-state index contributed by atoms with van der Waals surface area (Å²) in [5.74, 6) is -2.23. The van der Waals surface area contributed by atoms with Gasteiger partial charge in [0.1, 0.15) is 6.04 Å². The Morgan fingerprint density at radius 3 is 2.58 bits per heavy atom. The molecular weight excluding hydrogens is 490 g/mol. The van der Waals surface area contributed by atoms with Crippen LogP contribution in [0.15, 0.2) is 42.5 Å². The van der Waals surface area contributed by atoms with Crippen molar-refractivity contribution in [3.8, 4) is 0 Å². The Hall–Kier alpha value is -4.09. The maximum Gasteiger partial charge on any atom is 0.319 e. The van der Waals surface area contributed by atoms with Gasteiger partial charge in [0.05, 0.1) is 24.3 Å². The topological polar surface area (TPSA) is 137 Å². The summed E-state index contributed by atoms with van der Waals surface area (Å²) in [7, 11) is 0. The predicted molar refractivity (Wildman–Crippen MR) is 136 cm³/mol. The lowest BCUT2D eigenvalue weighted by Gasteiger charge is -2.32. The van der Waals surface area contributed by atoms with Crippen molar-refractivity contribution in [1.82, 2.24) is 20.4 Å². The molecule has 2 aromatic carbocycles. The number of hydrogen-bond donors (Lipinski definition) is 3. The largest absolute Gasteiger partial charge is 0.379 e. The zero-order valence-corrected chi connectivity index (χ0v) is 21.0. The first-order valence-corrected chi connectivity index (χ1v) is 12.6. The second kappa shape index (κ2) is 10.7. The van der Waals surface area contributed by atoms with Crippen LogP contribution in [0, 0.1) is 0 Å². The molecule has 0 aromatic heterocycles. The lowest BCUT2D eigenvalue weighted by molar-refractivity contribution is -0.136. The van der Waals surface area contributed by atoms with Crippen molar-refractivity contribution in [2.45, 2.75) is 38.4 Å². The molecule has 198 valence electrons. The molecule has 0 bridgehead atoms.